The van der Waals surface area contributed by atoms with Crippen molar-refractivity contribution in [3.8, 4) is 16.9 Å². The molecule has 0 saturated carbocycles. The summed E-state index contributed by atoms with van der Waals surface area (Å²) in [7, 11) is -3.21. The Morgan fingerprint density at radius 3 is 2.51 bits per heavy atom. The second-order valence-electron chi connectivity index (χ2n) is 8.64. The normalized spacial score (nSPS) is 11.2. The van der Waals surface area contributed by atoms with Crippen LogP contribution in [0.2, 0.25) is 0 Å². The summed E-state index contributed by atoms with van der Waals surface area (Å²) in [5.41, 5.74) is 0.396. The highest BCUT2D eigenvalue weighted by molar-refractivity contribution is 7.74. The van der Waals surface area contributed by atoms with Gasteiger partial charge in [0.2, 0.25) is 16.7 Å². The van der Waals surface area contributed by atoms with Crippen molar-refractivity contribution >= 4 is 39.4 Å². The second kappa shape index (κ2) is 12.0. The Labute approximate surface area is 224 Å². The van der Waals surface area contributed by atoms with Gasteiger partial charge in [-0.3, -0.25) is 13.9 Å². The van der Waals surface area contributed by atoms with Crippen LogP contribution >= 0.6 is 0 Å². The fraction of sp³-hybridized carbons (Fsp3) is 0.222. The zero-order valence-corrected chi connectivity index (χ0v) is 21.7. The molecule has 0 aliphatic heterocycles. The number of benzene rings is 2. The molecule has 0 fully saturated rings. The number of carboxylic acids is 1. The van der Waals surface area contributed by atoms with E-state index in [2.05, 4.69) is 9.97 Å². The Bertz CT molecular complexity index is 1590. The van der Waals surface area contributed by atoms with Crippen LogP contribution in [-0.4, -0.2) is 48.4 Å². The number of ether oxygens (including phenoxy) is 1. The third-order valence-corrected chi connectivity index (χ3v) is 6.79. The number of aromatic nitrogens is 2. The zero-order valence-electron chi connectivity index (χ0n) is 20.8. The van der Waals surface area contributed by atoms with Crippen LogP contribution in [0.1, 0.15) is 42.1 Å². The summed E-state index contributed by atoms with van der Waals surface area (Å²) in [5, 5.41) is 9.04. The minimum atomic E-state index is -3.21. The van der Waals surface area contributed by atoms with Gasteiger partial charge in [-0.15, -0.1) is 0 Å². The summed E-state index contributed by atoms with van der Waals surface area (Å²) in [6.45, 7) is 1.93. The van der Waals surface area contributed by atoms with E-state index < -0.39 is 45.5 Å². The van der Waals surface area contributed by atoms with Gasteiger partial charge in [-0.05, 0) is 48.7 Å². The Morgan fingerprint density at radius 2 is 1.85 bits per heavy atom. The first kappa shape index (κ1) is 27.7. The monoisotopic (exact) mass is 557 g/mol. The highest BCUT2D eigenvalue weighted by Gasteiger charge is 2.27. The Kier molecular flexibility index (Phi) is 8.55. The number of carboxylic acid groups (broad SMARTS) is 1. The predicted octanol–water partition coefficient (Wildman–Crippen LogP) is 4.73. The van der Waals surface area contributed by atoms with Crippen LogP contribution in [-0.2, 0) is 15.7 Å². The van der Waals surface area contributed by atoms with E-state index in [1.54, 1.807) is 43.5 Å². The number of fused-ring (bicyclic) bond motifs is 1. The van der Waals surface area contributed by atoms with Gasteiger partial charge >= 0.3 is 5.97 Å². The molecule has 0 unspecified atom stereocenters. The smallest absolute Gasteiger partial charge is 0.303 e. The van der Waals surface area contributed by atoms with Crippen LogP contribution in [0.5, 0.6) is 5.75 Å². The molecule has 4 aromatic rings. The number of carbonyl (C=O) groups excluding carboxylic acids is 1. The van der Waals surface area contributed by atoms with Gasteiger partial charge in [-0.25, -0.2) is 22.2 Å². The number of carbonyl (C=O) groups is 2. The third-order valence-electron chi connectivity index (χ3n) is 5.98. The van der Waals surface area contributed by atoms with Crippen LogP contribution in [0.4, 0.5) is 14.5 Å². The number of aliphatic carboxylic acids is 1. The molecule has 9 nitrogen and oxygen atoms in total. The van der Waals surface area contributed by atoms with Gasteiger partial charge in [0, 0.05) is 41.9 Å². The number of hydrogen-bond donors (Lipinski definition) is 3. The standard InChI is InChI=1S/C27H25F2N3O6S/c1-2-11-32(39(36)37)22-10-9-21(28)24(25(22)29)26(35)20-15-31-27-19(20)13-17(14-30-27)16-5-7-18(8-6-16)38-12-3-4-23(33)34/h5-10,13-15,39H,2-4,11-12H2,1H3,(H,30,31)(H,33,34). The summed E-state index contributed by atoms with van der Waals surface area (Å²) >= 11 is 0. The van der Waals surface area contributed by atoms with Gasteiger partial charge in [0.25, 0.3) is 0 Å². The van der Waals surface area contributed by atoms with Crippen molar-refractivity contribution in [1.82, 2.24) is 9.97 Å². The molecule has 0 aliphatic rings. The number of aromatic amines is 1. The average Bonchev–Trinajstić information content (AvgIpc) is 3.34. The molecule has 2 N–H and O–H groups in total. The van der Waals surface area contributed by atoms with Crippen molar-refractivity contribution in [3.05, 3.63) is 77.6 Å². The predicted molar refractivity (Wildman–Crippen MR) is 142 cm³/mol. The van der Waals surface area contributed by atoms with E-state index in [0.29, 0.717) is 35.2 Å². The molecule has 0 bridgehead atoms. The summed E-state index contributed by atoms with van der Waals surface area (Å²) in [5.74, 6) is -3.67. The molecule has 2 heterocycles. The zero-order chi connectivity index (χ0) is 28.1. The quantitative estimate of drug-likeness (QED) is 0.131. The second-order valence-corrected chi connectivity index (χ2v) is 9.60. The van der Waals surface area contributed by atoms with Gasteiger partial charge in [0.15, 0.2) is 5.82 Å². The molecule has 2 aromatic heterocycles. The van der Waals surface area contributed by atoms with E-state index >= 15 is 4.39 Å². The molecule has 0 aliphatic carbocycles. The van der Waals surface area contributed by atoms with Gasteiger partial charge < -0.3 is 14.8 Å². The maximum atomic E-state index is 15.4. The fourth-order valence-electron chi connectivity index (χ4n) is 4.09. The van der Waals surface area contributed by atoms with Gasteiger partial charge in [0.05, 0.1) is 17.9 Å². The molecule has 4 rings (SSSR count). The first-order chi connectivity index (χ1) is 18.7. The number of nitrogens with zero attached hydrogens (tertiary/aromatic N) is 2. The molecule has 0 atom stereocenters. The number of hydrogen-bond acceptors (Lipinski definition) is 6. The molecule has 0 radical (unpaired) electrons. The minimum Gasteiger partial charge on any atom is -0.494 e. The third kappa shape index (κ3) is 6.06. The summed E-state index contributed by atoms with van der Waals surface area (Å²) in [6, 6.07) is 10.5. The van der Waals surface area contributed by atoms with E-state index in [-0.39, 0.29) is 25.1 Å². The average molecular weight is 558 g/mol. The number of nitrogens with one attached hydrogen (secondary N) is 1. The molecule has 0 saturated heterocycles. The van der Waals surface area contributed by atoms with Crippen molar-refractivity contribution in [2.75, 3.05) is 17.5 Å². The lowest BCUT2D eigenvalue weighted by Crippen LogP contribution is -2.24. The highest BCUT2D eigenvalue weighted by atomic mass is 32.2. The number of thiol groups is 1. The first-order valence-electron chi connectivity index (χ1n) is 12.1. The Morgan fingerprint density at radius 1 is 1.10 bits per heavy atom. The van der Waals surface area contributed by atoms with Gasteiger partial charge in [-0.2, -0.15) is 0 Å². The minimum absolute atomic E-state index is 0.00911. The molecule has 12 heteroatoms. The molecule has 39 heavy (non-hydrogen) atoms. The lowest BCUT2D eigenvalue weighted by molar-refractivity contribution is -0.137. The molecule has 0 amide bonds. The maximum Gasteiger partial charge on any atom is 0.303 e. The number of anilines is 1. The number of ketones is 1. The first-order valence-corrected chi connectivity index (χ1v) is 13.2. The Hall–Kier alpha value is -4.32. The number of rotatable bonds is 12. The van der Waals surface area contributed by atoms with E-state index in [4.69, 9.17) is 9.84 Å². The summed E-state index contributed by atoms with van der Waals surface area (Å²) < 4.78 is 59.8. The van der Waals surface area contributed by atoms with Gasteiger partial charge in [-0.1, -0.05) is 19.1 Å². The lowest BCUT2D eigenvalue weighted by atomic mass is 9.99. The maximum absolute atomic E-state index is 15.4. The van der Waals surface area contributed by atoms with Crippen LogP contribution < -0.4 is 9.04 Å². The van der Waals surface area contributed by atoms with Crippen LogP contribution in [0.25, 0.3) is 22.2 Å². The fourth-order valence-corrected chi connectivity index (χ4v) is 4.79. The van der Waals surface area contributed by atoms with Gasteiger partial charge in [0.1, 0.15) is 17.2 Å². The van der Waals surface area contributed by atoms with Crippen LogP contribution in [0.3, 0.4) is 0 Å². The van der Waals surface area contributed by atoms with Crippen molar-refractivity contribution in [3.63, 3.8) is 0 Å². The van der Waals surface area contributed by atoms with Crippen molar-refractivity contribution in [1.29, 1.82) is 0 Å². The molecule has 2 aromatic carbocycles. The highest BCUT2D eigenvalue weighted by Crippen LogP contribution is 2.31. The van der Waals surface area contributed by atoms with Crippen molar-refractivity contribution in [2.45, 2.75) is 26.2 Å². The summed E-state index contributed by atoms with van der Waals surface area (Å²) in [4.78, 5) is 31.1. The van der Waals surface area contributed by atoms with E-state index in [0.717, 1.165) is 22.0 Å². The van der Waals surface area contributed by atoms with Crippen molar-refractivity contribution in [2.24, 2.45) is 0 Å². The Balaban J connectivity index is 1.65. The SMILES string of the molecule is CCCN(c1ccc(F)c(C(=O)c2c[nH]c3ncc(-c4ccc(OCCCC(=O)O)cc4)cc23)c1F)[SH](=O)=O. The number of pyridine rings is 1. The number of H-pyrrole nitrogens is 1. The number of halogens is 2. The molecule has 0 spiro atoms. The summed E-state index contributed by atoms with van der Waals surface area (Å²) in [6.07, 6.45) is 3.65. The molecular formula is C27H25F2N3O6S. The lowest BCUT2D eigenvalue weighted by Gasteiger charge is -2.19. The molecular weight excluding hydrogens is 532 g/mol. The van der Waals surface area contributed by atoms with E-state index in [1.807, 2.05) is 0 Å². The van der Waals surface area contributed by atoms with Crippen molar-refractivity contribution < 1.29 is 36.6 Å². The molecule has 204 valence electrons. The largest absolute Gasteiger partial charge is 0.494 e. The topological polar surface area (TPSA) is 130 Å². The van der Waals surface area contributed by atoms with Crippen LogP contribution in [0.15, 0.2) is 54.9 Å². The van der Waals surface area contributed by atoms with E-state index in [1.165, 1.54) is 6.20 Å². The van der Waals surface area contributed by atoms with E-state index in [9.17, 15) is 22.4 Å². The van der Waals surface area contributed by atoms with Crippen LogP contribution in [0, 0.1) is 11.6 Å².